The number of piperazine rings is 1. The van der Waals surface area contributed by atoms with Crippen molar-refractivity contribution in [1.29, 1.82) is 0 Å². The average Bonchev–Trinajstić information content (AvgIpc) is 3.20. The zero-order valence-corrected chi connectivity index (χ0v) is 17.0. The normalized spacial score (nSPS) is 15.7. The maximum absolute atomic E-state index is 12.8. The predicted molar refractivity (Wildman–Crippen MR) is 106 cm³/mol. The Bertz CT molecular complexity index is 840. The van der Waals surface area contributed by atoms with Crippen molar-refractivity contribution in [2.24, 2.45) is 0 Å². The lowest BCUT2D eigenvalue weighted by Gasteiger charge is -2.34. The zero-order valence-electron chi connectivity index (χ0n) is 15.3. The Morgan fingerprint density at radius 2 is 1.81 bits per heavy atom. The topological polar surface area (TPSA) is 66.9 Å². The van der Waals surface area contributed by atoms with Crippen LogP contribution < -0.4 is 4.74 Å². The standard InChI is InChI=1S/C19H24N2O4S2/c1-2-25-16-5-8-18(9-6-16)27(23,24)21-13-11-20(12-14-21)19(22)10-7-17-4-3-15-26-17/h3-6,8-9,15H,2,7,10-14H2,1H3. The molecule has 1 aliphatic rings. The summed E-state index contributed by atoms with van der Waals surface area (Å²) in [4.78, 5) is 15.6. The van der Waals surface area contributed by atoms with Crippen LogP contribution in [-0.2, 0) is 21.2 Å². The first-order valence-electron chi connectivity index (χ1n) is 9.04. The molecule has 8 heteroatoms. The van der Waals surface area contributed by atoms with Crippen LogP contribution in [0.2, 0.25) is 0 Å². The molecule has 6 nitrogen and oxygen atoms in total. The van der Waals surface area contributed by atoms with Gasteiger partial charge in [-0.15, -0.1) is 11.3 Å². The SMILES string of the molecule is CCOc1ccc(S(=O)(=O)N2CCN(C(=O)CCc3cccs3)CC2)cc1. The van der Waals surface area contributed by atoms with Gasteiger partial charge in [0.1, 0.15) is 5.75 Å². The molecule has 0 unspecified atom stereocenters. The first-order valence-corrected chi connectivity index (χ1v) is 11.4. The van der Waals surface area contributed by atoms with Crippen LogP contribution in [0.5, 0.6) is 5.75 Å². The molecular formula is C19H24N2O4S2. The molecule has 0 radical (unpaired) electrons. The Balaban J connectivity index is 1.55. The lowest BCUT2D eigenvalue weighted by Crippen LogP contribution is -2.50. The maximum Gasteiger partial charge on any atom is 0.243 e. The minimum Gasteiger partial charge on any atom is -0.494 e. The van der Waals surface area contributed by atoms with E-state index < -0.39 is 10.0 Å². The molecule has 27 heavy (non-hydrogen) atoms. The fourth-order valence-corrected chi connectivity index (χ4v) is 5.18. The van der Waals surface area contributed by atoms with Gasteiger partial charge < -0.3 is 9.64 Å². The van der Waals surface area contributed by atoms with E-state index in [4.69, 9.17) is 4.74 Å². The number of benzene rings is 1. The van der Waals surface area contributed by atoms with Crippen LogP contribution >= 0.6 is 11.3 Å². The molecule has 0 saturated carbocycles. The third-order valence-corrected chi connectivity index (χ3v) is 7.38. The summed E-state index contributed by atoms with van der Waals surface area (Å²) in [6.45, 7) is 3.92. The summed E-state index contributed by atoms with van der Waals surface area (Å²) in [7, 11) is -3.55. The van der Waals surface area contributed by atoms with Crippen molar-refractivity contribution in [2.75, 3.05) is 32.8 Å². The second-order valence-electron chi connectivity index (χ2n) is 6.27. The van der Waals surface area contributed by atoms with Gasteiger partial charge in [0.15, 0.2) is 0 Å². The summed E-state index contributed by atoms with van der Waals surface area (Å²) in [6.07, 6.45) is 1.20. The molecule has 1 amide bonds. The second kappa shape index (κ2) is 8.86. The van der Waals surface area contributed by atoms with Crippen LogP contribution in [0.4, 0.5) is 0 Å². The second-order valence-corrected chi connectivity index (χ2v) is 9.24. The number of hydrogen-bond donors (Lipinski definition) is 0. The molecule has 2 heterocycles. The lowest BCUT2D eigenvalue weighted by atomic mass is 10.2. The van der Waals surface area contributed by atoms with Gasteiger partial charge in [-0.3, -0.25) is 4.79 Å². The number of ether oxygens (including phenoxy) is 1. The number of nitrogens with zero attached hydrogens (tertiary/aromatic N) is 2. The molecule has 1 aliphatic heterocycles. The van der Waals surface area contributed by atoms with Crippen LogP contribution in [0.1, 0.15) is 18.2 Å². The molecule has 0 atom stereocenters. The molecule has 2 aromatic rings. The van der Waals surface area contributed by atoms with Crippen molar-refractivity contribution >= 4 is 27.3 Å². The molecule has 0 spiro atoms. The highest BCUT2D eigenvalue weighted by atomic mass is 32.2. The summed E-state index contributed by atoms with van der Waals surface area (Å²) in [5.41, 5.74) is 0. The van der Waals surface area contributed by atoms with Crippen molar-refractivity contribution < 1.29 is 17.9 Å². The minimum absolute atomic E-state index is 0.0847. The molecule has 1 aromatic carbocycles. The van der Waals surface area contributed by atoms with Gasteiger partial charge in [-0.05, 0) is 49.1 Å². The van der Waals surface area contributed by atoms with E-state index in [1.807, 2.05) is 24.4 Å². The highest BCUT2D eigenvalue weighted by molar-refractivity contribution is 7.89. The van der Waals surface area contributed by atoms with Crippen LogP contribution in [0, 0.1) is 0 Å². The Labute approximate surface area is 164 Å². The molecule has 146 valence electrons. The van der Waals surface area contributed by atoms with Gasteiger partial charge in [-0.2, -0.15) is 4.31 Å². The van der Waals surface area contributed by atoms with E-state index in [0.717, 1.165) is 6.42 Å². The van der Waals surface area contributed by atoms with Gasteiger partial charge in [0.25, 0.3) is 0 Å². The van der Waals surface area contributed by atoms with Crippen LogP contribution in [0.25, 0.3) is 0 Å². The van der Waals surface area contributed by atoms with Gasteiger partial charge in [-0.25, -0.2) is 8.42 Å². The minimum atomic E-state index is -3.55. The quantitative estimate of drug-likeness (QED) is 0.706. The smallest absolute Gasteiger partial charge is 0.243 e. The van der Waals surface area contributed by atoms with E-state index in [1.54, 1.807) is 40.5 Å². The van der Waals surface area contributed by atoms with E-state index in [9.17, 15) is 13.2 Å². The van der Waals surface area contributed by atoms with Crippen molar-refractivity contribution in [2.45, 2.75) is 24.7 Å². The number of thiophene rings is 1. The Morgan fingerprint density at radius 1 is 1.11 bits per heavy atom. The number of aryl methyl sites for hydroxylation is 1. The fraction of sp³-hybridized carbons (Fsp3) is 0.421. The number of carbonyl (C=O) groups excluding carboxylic acids is 1. The van der Waals surface area contributed by atoms with Gasteiger partial charge in [0, 0.05) is 37.5 Å². The third kappa shape index (κ3) is 4.88. The van der Waals surface area contributed by atoms with Crippen molar-refractivity contribution in [3.05, 3.63) is 46.7 Å². The summed E-state index contributed by atoms with van der Waals surface area (Å²) in [6, 6.07) is 10.5. The van der Waals surface area contributed by atoms with E-state index in [-0.39, 0.29) is 10.8 Å². The zero-order chi connectivity index (χ0) is 19.3. The number of sulfonamides is 1. The molecule has 0 bridgehead atoms. The first kappa shape index (κ1) is 19.9. The van der Waals surface area contributed by atoms with E-state index in [0.29, 0.717) is 45.0 Å². The Kier molecular flexibility index (Phi) is 6.51. The highest BCUT2D eigenvalue weighted by Crippen LogP contribution is 2.21. The Morgan fingerprint density at radius 3 is 2.41 bits per heavy atom. The molecule has 1 fully saturated rings. The van der Waals surface area contributed by atoms with E-state index in [2.05, 4.69) is 0 Å². The summed E-state index contributed by atoms with van der Waals surface area (Å²) >= 11 is 1.65. The van der Waals surface area contributed by atoms with Crippen LogP contribution in [0.15, 0.2) is 46.7 Å². The molecule has 0 aliphatic carbocycles. The lowest BCUT2D eigenvalue weighted by molar-refractivity contribution is -0.132. The van der Waals surface area contributed by atoms with E-state index in [1.165, 1.54) is 9.18 Å². The predicted octanol–water partition coefficient (Wildman–Crippen LogP) is 2.61. The molecule has 1 saturated heterocycles. The number of amides is 1. The number of carbonyl (C=O) groups is 1. The van der Waals surface area contributed by atoms with Crippen molar-refractivity contribution in [3.63, 3.8) is 0 Å². The largest absolute Gasteiger partial charge is 0.494 e. The van der Waals surface area contributed by atoms with Gasteiger partial charge in [-0.1, -0.05) is 6.07 Å². The molecule has 3 rings (SSSR count). The number of rotatable bonds is 7. The first-order chi connectivity index (χ1) is 13.0. The van der Waals surface area contributed by atoms with Crippen molar-refractivity contribution in [3.8, 4) is 5.75 Å². The summed E-state index contributed by atoms with van der Waals surface area (Å²) in [5, 5.41) is 2.00. The molecular weight excluding hydrogens is 384 g/mol. The highest BCUT2D eigenvalue weighted by Gasteiger charge is 2.30. The van der Waals surface area contributed by atoms with Gasteiger partial charge in [0.05, 0.1) is 11.5 Å². The van der Waals surface area contributed by atoms with Gasteiger partial charge in [0.2, 0.25) is 15.9 Å². The van der Waals surface area contributed by atoms with Crippen LogP contribution in [-0.4, -0.2) is 56.3 Å². The molecule has 0 N–H and O–H groups in total. The molecule has 1 aromatic heterocycles. The van der Waals surface area contributed by atoms with E-state index >= 15 is 0 Å². The monoisotopic (exact) mass is 408 g/mol. The fourth-order valence-electron chi connectivity index (χ4n) is 3.04. The third-order valence-electron chi connectivity index (χ3n) is 4.53. The maximum atomic E-state index is 12.8. The summed E-state index contributed by atoms with van der Waals surface area (Å²) in [5.74, 6) is 0.735. The number of hydrogen-bond acceptors (Lipinski definition) is 5. The summed E-state index contributed by atoms with van der Waals surface area (Å²) < 4.78 is 32.4. The van der Waals surface area contributed by atoms with Crippen LogP contribution in [0.3, 0.4) is 0 Å². The Hall–Kier alpha value is -1.90. The van der Waals surface area contributed by atoms with Gasteiger partial charge >= 0.3 is 0 Å². The van der Waals surface area contributed by atoms with Crippen molar-refractivity contribution in [1.82, 2.24) is 9.21 Å². The average molecular weight is 409 g/mol.